The number of hydrogen-bond acceptors (Lipinski definition) is 4. The van der Waals surface area contributed by atoms with E-state index < -0.39 is 40.5 Å². The maximum Gasteiger partial charge on any atom is 0.238 e. The fraction of sp³-hybridized carbons (Fsp3) is 0.395. The molecule has 0 aromatic heterocycles. The third-order valence-electron chi connectivity index (χ3n) is 10.2. The van der Waals surface area contributed by atoms with E-state index in [-0.39, 0.29) is 37.5 Å². The molecule has 4 aromatic rings. The highest BCUT2D eigenvalue weighted by Crippen LogP contribution is 2.50. The predicted molar refractivity (Wildman–Crippen MR) is 195 cm³/mol. The molecular formula is C43H52N2O4. The third kappa shape index (κ3) is 8.14. The topological polar surface area (TPSA) is 104 Å². The van der Waals surface area contributed by atoms with Crippen LogP contribution < -0.4 is 5.73 Å². The Hall–Kier alpha value is -4.26. The Morgan fingerprint density at radius 3 is 1.06 bits per heavy atom. The van der Waals surface area contributed by atoms with Gasteiger partial charge in [0.1, 0.15) is 5.41 Å². The molecule has 0 aliphatic heterocycles. The lowest BCUT2D eigenvalue weighted by Gasteiger charge is -2.54. The summed E-state index contributed by atoms with van der Waals surface area (Å²) in [6.45, 7) is 8.06. The molecule has 4 N–H and O–H groups in total. The van der Waals surface area contributed by atoms with Crippen LogP contribution in [0.2, 0.25) is 0 Å². The second-order valence-electron chi connectivity index (χ2n) is 14.9. The van der Waals surface area contributed by atoms with Gasteiger partial charge in [0, 0.05) is 25.7 Å². The molecule has 0 bridgehead atoms. The second kappa shape index (κ2) is 15.1. The Balaban J connectivity index is 1.75. The van der Waals surface area contributed by atoms with Crippen molar-refractivity contribution < 1.29 is 19.8 Å². The maximum absolute atomic E-state index is 15.3. The lowest BCUT2D eigenvalue weighted by atomic mass is 9.71. The summed E-state index contributed by atoms with van der Waals surface area (Å²) >= 11 is 0. The van der Waals surface area contributed by atoms with E-state index in [4.69, 9.17) is 5.73 Å². The lowest BCUT2D eigenvalue weighted by molar-refractivity contribution is -0.174. The molecule has 258 valence electrons. The number of carbonyl (C=O) groups is 2. The molecule has 49 heavy (non-hydrogen) atoms. The smallest absolute Gasteiger partial charge is 0.238 e. The standard InChI is InChI=1S/C43H52N2O4/c1-31(2)37(42(48,27-33-17-9-5-10-18-33)28-34-19-11-6-12-20-34)45(40(47)41(25-26-41)39(44)46)38(32(3)4)43(49,29-35-21-13-7-14-22-35)30-36-23-15-8-16-24-36/h5-24,31-32,37-38,48-49H,25-30H2,1-4H3,(H2,44,46)/t37-,38-/m1/s1. The van der Waals surface area contributed by atoms with Crippen molar-refractivity contribution in [2.45, 2.75) is 89.5 Å². The van der Waals surface area contributed by atoms with Crippen molar-refractivity contribution in [1.29, 1.82) is 0 Å². The highest BCUT2D eigenvalue weighted by atomic mass is 16.3. The van der Waals surface area contributed by atoms with E-state index in [1.807, 2.05) is 149 Å². The monoisotopic (exact) mass is 660 g/mol. The molecule has 1 aliphatic rings. The molecule has 0 heterocycles. The number of amides is 2. The van der Waals surface area contributed by atoms with Crippen LogP contribution in [0.4, 0.5) is 0 Å². The fourth-order valence-electron chi connectivity index (χ4n) is 8.11. The molecule has 0 saturated heterocycles. The Morgan fingerprint density at radius 1 is 0.592 bits per heavy atom. The Kier molecular flexibility index (Phi) is 11.1. The van der Waals surface area contributed by atoms with Crippen molar-refractivity contribution in [3.05, 3.63) is 144 Å². The summed E-state index contributed by atoms with van der Waals surface area (Å²) in [6, 6.07) is 37.8. The van der Waals surface area contributed by atoms with Crippen LogP contribution in [-0.2, 0) is 35.3 Å². The normalized spacial score (nSPS) is 15.5. The van der Waals surface area contributed by atoms with Gasteiger partial charge < -0.3 is 20.8 Å². The average Bonchev–Trinajstić information content (AvgIpc) is 3.88. The van der Waals surface area contributed by atoms with Gasteiger partial charge in [-0.25, -0.2) is 0 Å². The molecule has 1 fully saturated rings. The highest BCUT2D eigenvalue weighted by molar-refractivity contribution is 6.07. The summed E-state index contributed by atoms with van der Waals surface area (Å²) in [6.07, 6.45) is 1.75. The summed E-state index contributed by atoms with van der Waals surface area (Å²) < 4.78 is 0. The molecule has 6 nitrogen and oxygen atoms in total. The first kappa shape index (κ1) is 36.0. The second-order valence-corrected chi connectivity index (χ2v) is 14.9. The van der Waals surface area contributed by atoms with E-state index in [1.165, 1.54) is 0 Å². The van der Waals surface area contributed by atoms with Gasteiger partial charge in [0.2, 0.25) is 11.8 Å². The zero-order chi connectivity index (χ0) is 35.2. The first-order valence-corrected chi connectivity index (χ1v) is 17.6. The van der Waals surface area contributed by atoms with Crippen molar-refractivity contribution in [2.24, 2.45) is 23.0 Å². The minimum Gasteiger partial charge on any atom is -0.387 e. The van der Waals surface area contributed by atoms with Gasteiger partial charge in [-0.1, -0.05) is 149 Å². The van der Waals surface area contributed by atoms with Gasteiger partial charge in [-0.15, -0.1) is 0 Å². The van der Waals surface area contributed by atoms with E-state index >= 15 is 4.79 Å². The summed E-state index contributed by atoms with van der Waals surface area (Å²) in [7, 11) is 0. The van der Waals surface area contributed by atoms with Crippen molar-refractivity contribution >= 4 is 11.8 Å². The quantitative estimate of drug-likeness (QED) is 0.118. The van der Waals surface area contributed by atoms with Crippen LogP contribution in [0.25, 0.3) is 0 Å². The van der Waals surface area contributed by atoms with Gasteiger partial charge in [0.05, 0.1) is 23.3 Å². The van der Waals surface area contributed by atoms with E-state index in [2.05, 4.69) is 0 Å². The van der Waals surface area contributed by atoms with Gasteiger partial charge in [-0.3, -0.25) is 9.59 Å². The predicted octanol–water partition coefficient (Wildman–Crippen LogP) is 6.56. The molecular weight excluding hydrogens is 608 g/mol. The molecule has 1 saturated carbocycles. The van der Waals surface area contributed by atoms with E-state index in [9.17, 15) is 15.0 Å². The summed E-state index contributed by atoms with van der Waals surface area (Å²) in [5.74, 6) is -1.58. The van der Waals surface area contributed by atoms with E-state index in [0.29, 0.717) is 12.8 Å². The zero-order valence-corrected chi connectivity index (χ0v) is 29.3. The van der Waals surface area contributed by atoms with Gasteiger partial charge in [-0.2, -0.15) is 0 Å². The molecule has 5 rings (SSSR count). The molecule has 4 aromatic carbocycles. The van der Waals surface area contributed by atoms with Crippen LogP contribution in [0.5, 0.6) is 0 Å². The Morgan fingerprint density at radius 2 is 0.857 bits per heavy atom. The molecule has 0 spiro atoms. The number of rotatable bonds is 16. The minimum absolute atomic E-state index is 0.260. The number of benzene rings is 4. The lowest BCUT2D eigenvalue weighted by Crippen LogP contribution is -2.70. The van der Waals surface area contributed by atoms with Gasteiger partial charge in [-0.05, 0) is 46.9 Å². The van der Waals surface area contributed by atoms with Crippen molar-refractivity contribution in [3.63, 3.8) is 0 Å². The maximum atomic E-state index is 15.3. The minimum atomic E-state index is -1.48. The van der Waals surface area contributed by atoms with Crippen molar-refractivity contribution in [3.8, 4) is 0 Å². The van der Waals surface area contributed by atoms with Crippen LogP contribution in [0.1, 0.15) is 62.8 Å². The fourth-order valence-corrected chi connectivity index (χ4v) is 8.11. The molecule has 1 aliphatic carbocycles. The first-order chi connectivity index (χ1) is 23.4. The van der Waals surface area contributed by atoms with Crippen molar-refractivity contribution in [2.75, 3.05) is 0 Å². The summed E-state index contributed by atoms with van der Waals surface area (Å²) in [5.41, 5.74) is 5.42. The number of nitrogens with zero attached hydrogens (tertiary/aromatic N) is 1. The Bertz CT molecular complexity index is 1470. The van der Waals surface area contributed by atoms with Crippen LogP contribution >= 0.6 is 0 Å². The Labute approximate surface area is 292 Å². The number of hydrogen-bond donors (Lipinski definition) is 3. The first-order valence-electron chi connectivity index (χ1n) is 17.6. The van der Waals surface area contributed by atoms with Crippen LogP contribution in [0, 0.1) is 17.3 Å². The molecule has 2 atom stereocenters. The van der Waals surface area contributed by atoms with Gasteiger partial charge in [0.15, 0.2) is 0 Å². The molecule has 0 radical (unpaired) electrons. The summed E-state index contributed by atoms with van der Waals surface area (Å²) in [4.78, 5) is 30.1. The number of aliphatic hydroxyl groups is 2. The highest BCUT2D eigenvalue weighted by Gasteiger charge is 2.62. The SMILES string of the molecule is CC(C)[C@@H](N(C(=O)C1(C(N)=O)CC1)[C@H](C(C)C)C(O)(Cc1ccccc1)Cc1ccccc1)C(O)(Cc1ccccc1)Cc1ccccc1. The molecule has 2 amide bonds. The van der Waals surface area contributed by atoms with Crippen LogP contribution in [-0.4, -0.2) is 50.2 Å². The molecule has 6 heteroatoms. The number of primary amides is 1. The van der Waals surface area contributed by atoms with E-state index in [0.717, 1.165) is 22.3 Å². The van der Waals surface area contributed by atoms with Crippen molar-refractivity contribution in [1.82, 2.24) is 4.90 Å². The number of nitrogens with two attached hydrogens (primary N) is 1. The third-order valence-corrected chi connectivity index (χ3v) is 10.2. The van der Waals surface area contributed by atoms with Gasteiger partial charge >= 0.3 is 0 Å². The summed E-state index contributed by atoms with van der Waals surface area (Å²) in [5, 5.41) is 26.6. The van der Waals surface area contributed by atoms with Crippen LogP contribution in [0.3, 0.4) is 0 Å². The largest absolute Gasteiger partial charge is 0.387 e. The van der Waals surface area contributed by atoms with Gasteiger partial charge in [0.25, 0.3) is 0 Å². The number of carbonyl (C=O) groups excluding carboxylic acids is 2. The average molecular weight is 661 g/mol. The van der Waals surface area contributed by atoms with Crippen LogP contribution in [0.15, 0.2) is 121 Å². The zero-order valence-electron chi connectivity index (χ0n) is 29.3. The molecule has 0 unspecified atom stereocenters. The van der Waals surface area contributed by atoms with E-state index in [1.54, 1.807) is 4.90 Å².